The van der Waals surface area contributed by atoms with Gasteiger partial charge in [0.1, 0.15) is 5.75 Å². The fraction of sp³-hybridized carbons (Fsp3) is 0.200. The molecule has 0 amide bonds. The number of nitrogens with zero attached hydrogens (tertiary/aromatic N) is 1. The van der Waals surface area contributed by atoms with Crippen LogP contribution < -0.4 is 9.84 Å². The summed E-state index contributed by atoms with van der Waals surface area (Å²) < 4.78 is 4.97. The maximum Gasteiger partial charge on any atom is 0.123 e. The van der Waals surface area contributed by atoms with Crippen LogP contribution in [0.15, 0.2) is 18.2 Å². The zero-order chi connectivity index (χ0) is 10.6. The van der Waals surface area contributed by atoms with Crippen molar-refractivity contribution in [2.24, 2.45) is 0 Å². The van der Waals surface area contributed by atoms with Crippen molar-refractivity contribution in [2.75, 3.05) is 7.11 Å². The Morgan fingerprint density at radius 2 is 2.36 bits per heavy atom. The number of ether oxygens (including phenoxy) is 1. The zero-order valence-corrected chi connectivity index (χ0v) is 7.61. The Kier molecular flexibility index (Phi) is 3.08. The maximum absolute atomic E-state index is 10.5. The van der Waals surface area contributed by atoms with Gasteiger partial charge in [0.25, 0.3) is 0 Å². The quantitative estimate of drug-likeness (QED) is 0.678. The molecule has 4 heteroatoms. The molecule has 0 atom stereocenters. The first-order chi connectivity index (χ1) is 6.69. The molecule has 0 spiro atoms. The molecule has 0 aromatic heterocycles. The molecular formula is C10H8NO3-. The highest BCUT2D eigenvalue weighted by atomic mass is 16.5. The molecule has 72 valence electrons. The van der Waals surface area contributed by atoms with Gasteiger partial charge in [0, 0.05) is 5.56 Å². The van der Waals surface area contributed by atoms with Crippen LogP contribution in [0.4, 0.5) is 0 Å². The van der Waals surface area contributed by atoms with Crippen LogP contribution in [0.1, 0.15) is 15.9 Å². The van der Waals surface area contributed by atoms with Crippen LogP contribution in [0, 0.1) is 11.3 Å². The smallest absolute Gasteiger partial charge is 0.123 e. The van der Waals surface area contributed by atoms with E-state index in [2.05, 4.69) is 0 Å². The molecule has 0 bridgehead atoms. The molecule has 1 rings (SSSR count). The van der Waals surface area contributed by atoms with E-state index in [1.54, 1.807) is 0 Å². The highest BCUT2D eigenvalue weighted by Crippen LogP contribution is 2.19. The Morgan fingerprint density at radius 1 is 1.64 bits per heavy atom. The number of carbonyl (C=O) groups excluding carboxylic acids is 1. The van der Waals surface area contributed by atoms with Gasteiger partial charge >= 0.3 is 0 Å². The van der Waals surface area contributed by atoms with Gasteiger partial charge < -0.3 is 14.6 Å². The number of carboxylic acids is 1. The van der Waals surface area contributed by atoms with E-state index in [1.807, 2.05) is 6.07 Å². The fourth-order valence-corrected chi connectivity index (χ4v) is 1.13. The molecular weight excluding hydrogens is 182 g/mol. The van der Waals surface area contributed by atoms with Gasteiger partial charge in [0.15, 0.2) is 0 Å². The number of aromatic carboxylic acids is 1. The predicted molar refractivity (Wildman–Crippen MR) is 46.6 cm³/mol. The summed E-state index contributed by atoms with van der Waals surface area (Å²) in [6.45, 7) is 0. The number of rotatable bonds is 3. The molecule has 0 fully saturated rings. The fourth-order valence-electron chi connectivity index (χ4n) is 1.13. The van der Waals surface area contributed by atoms with Crippen LogP contribution in [0.25, 0.3) is 0 Å². The molecule has 0 unspecified atom stereocenters. The first-order valence-electron chi connectivity index (χ1n) is 3.94. The molecule has 0 aliphatic heterocycles. The van der Waals surface area contributed by atoms with Gasteiger partial charge in [-0.2, -0.15) is 5.26 Å². The van der Waals surface area contributed by atoms with Crippen molar-refractivity contribution in [2.45, 2.75) is 6.42 Å². The first kappa shape index (κ1) is 10.1. The average Bonchev–Trinajstić information content (AvgIpc) is 2.18. The van der Waals surface area contributed by atoms with Crippen LogP contribution in [0.5, 0.6) is 5.75 Å². The first-order valence-corrected chi connectivity index (χ1v) is 3.94. The number of nitriles is 1. The van der Waals surface area contributed by atoms with Crippen molar-refractivity contribution in [3.05, 3.63) is 29.3 Å². The molecule has 0 radical (unpaired) electrons. The van der Waals surface area contributed by atoms with Gasteiger partial charge in [-0.25, -0.2) is 0 Å². The number of carboxylic acid groups (broad SMARTS) is 1. The third-order valence-electron chi connectivity index (χ3n) is 1.79. The van der Waals surface area contributed by atoms with Gasteiger partial charge in [-0.1, -0.05) is 0 Å². The second-order valence-electron chi connectivity index (χ2n) is 2.65. The van der Waals surface area contributed by atoms with Crippen LogP contribution in [-0.4, -0.2) is 13.1 Å². The number of benzene rings is 1. The van der Waals surface area contributed by atoms with E-state index >= 15 is 0 Å². The van der Waals surface area contributed by atoms with Crippen molar-refractivity contribution >= 4 is 5.97 Å². The van der Waals surface area contributed by atoms with Gasteiger partial charge in [-0.3, -0.25) is 0 Å². The van der Waals surface area contributed by atoms with Crippen molar-refractivity contribution in [3.63, 3.8) is 0 Å². The minimum Gasteiger partial charge on any atom is -0.545 e. The third kappa shape index (κ3) is 2.02. The summed E-state index contributed by atoms with van der Waals surface area (Å²) in [5.41, 5.74) is 0.604. The Hall–Kier alpha value is -2.02. The van der Waals surface area contributed by atoms with Gasteiger partial charge in [-0.05, 0) is 23.8 Å². The lowest BCUT2D eigenvalue weighted by Gasteiger charge is -2.08. The number of carbonyl (C=O) groups is 1. The average molecular weight is 190 g/mol. The summed E-state index contributed by atoms with van der Waals surface area (Å²) in [5, 5.41) is 19.0. The number of hydrogen-bond acceptors (Lipinski definition) is 4. The molecule has 0 saturated carbocycles. The lowest BCUT2D eigenvalue weighted by atomic mass is 10.1. The van der Waals surface area contributed by atoms with E-state index < -0.39 is 5.97 Å². The molecule has 0 heterocycles. The molecule has 0 saturated heterocycles. The summed E-state index contributed by atoms with van der Waals surface area (Å²) >= 11 is 0. The van der Waals surface area contributed by atoms with E-state index in [9.17, 15) is 9.90 Å². The Balaban J connectivity index is 3.15. The van der Waals surface area contributed by atoms with E-state index in [0.717, 1.165) is 0 Å². The normalized spacial score (nSPS) is 9.14. The Bertz CT molecular complexity index is 393. The minimum atomic E-state index is -1.26. The van der Waals surface area contributed by atoms with Gasteiger partial charge in [0.05, 0.1) is 25.6 Å². The molecule has 0 N–H and O–H groups in total. The van der Waals surface area contributed by atoms with E-state index in [4.69, 9.17) is 10.00 Å². The van der Waals surface area contributed by atoms with E-state index in [0.29, 0.717) is 11.3 Å². The lowest BCUT2D eigenvalue weighted by molar-refractivity contribution is -0.255. The topological polar surface area (TPSA) is 73.2 Å². The highest BCUT2D eigenvalue weighted by Gasteiger charge is 2.04. The molecule has 1 aromatic carbocycles. The second-order valence-corrected chi connectivity index (χ2v) is 2.65. The number of methoxy groups -OCH3 is 1. The summed E-state index contributed by atoms with van der Waals surface area (Å²) in [4.78, 5) is 10.5. The summed E-state index contributed by atoms with van der Waals surface area (Å²) in [7, 11) is 1.47. The summed E-state index contributed by atoms with van der Waals surface area (Å²) in [5.74, 6) is -0.747. The SMILES string of the molecule is COc1ccc(C(=O)[O-])cc1CC#N. The summed E-state index contributed by atoms with van der Waals surface area (Å²) in [6.07, 6.45) is 0.115. The van der Waals surface area contributed by atoms with Crippen LogP contribution >= 0.6 is 0 Å². The maximum atomic E-state index is 10.5. The van der Waals surface area contributed by atoms with Crippen molar-refractivity contribution in [1.82, 2.24) is 0 Å². The van der Waals surface area contributed by atoms with Crippen LogP contribution in [0.3, 0.4) is 0 Å². The minimum absolute atomic E-state index is 0.0519. The molecule has 4 nitrogen and oxygen atoms in total. The standard InChI is InChI=1S/C10H9NO3/c1-14-9-3-2-8(10(12)13)6-7(9)4-5-11/h2-3,6H,4H2,1H3,(H,12,13)/p-1. The second kappa shape index (κ2) is 4.28. The van der Waals surface area contributed by atoms with Crippen LogP contribution in [-0.2, 0) is 6.42 Å². The summed E-state index contributed by atoms with van der Waals surface area (Å²) in [6, 6.07) is 6.21. The number of hydrogen-bond donors (Lipinski definition) is 0. The van der Waals surface area contributed by atoms with E-state index in [1.165, 1.54) is 25.3 Å². The van der Waals surface area contributed by atoms with Crippen molar-refractivity contribution in [1.29, 1.82) is 5.26 Å². The highest BCUT2D eigenvalue weighted by molar-refractivity contribution is 5.86. The van der Waals surface area contributed by atoms with Crippen LogP contribution in [0.2, 0.25) is 0 Å². The van der Waals surface area contributed by atoms with Crippen molar-refractivity contribution < 1.29 is 14.6 Å². The third-order valence-corrected chi connectivity index (χ3v) is 1.79. The van der Waals surface area contributed by atoms with Crippen molar-refractivity contribution in [3.8, 4) is 11.8 Å². The lowest BCUT2D eigenvalue weighted by Crippen LogP contribution is -2.22. The monoisotopic (exact) mass is 190 g/mol. The molecule has 0 aliphatic carbocycles. The van der Waals surface area contributed by atoms with Gasteiger partial charge in [-0.15, -0.1) is 0 Å². The predicted octanol–water partition coefficient (Wildman–Crippen LogP) is 0.125. The molecule has 0 aliphatic rings. The molecule has 1 aromatic rings. The van der Waals surface area contributed by atoms with E-state index in [-0.39, 0.29) is 12.0 Å². The largest absolute Gasteiger partial charge is 0.545 e. The van der Waals surface area contributed by atoms with Gasteiger partial charge in [0.2, 0.25) is 0 Å². The Labute approximate surface area is 81.4 Å². The zero-order valence-electron chi connectivity index (χ0n) is 7.61. The molecule has 14 heavy (non-hydrogen) atoms. The Morgan fingerprint density at radius 3 is 2.86 bits per heavy atom.